The standard InChI is InChI=1S/C16H31BrN4/c1-5-9-12(10-6-2)14(19-18)11-15-16(17)13(7-3)20-21(15)8-4/h12,14,19H,5-11,18H2,1-4H3. The van der Waals surface area contributed by atoms with Crippen LogP contribution in [-0.4, -0.2) is 15.8 Å². The van der Waals surface area contributed by atoms with E-state index in [1.807, 2.05) is 0 Å². The molecule has 0 saturated carbocycles. The minimum absolute atomic E-state index is 0.313. The molecule has 1 atom stereocenters. The number of nitrogens with two attached hydrogens (primary N) is 1. The van der Waals surface area contributed by atoms with Gasteiger partial charge in [0.05, 0.1) is 15.9 Å². The van der Waals surface area contributed by atoms with Gasteiger partial charge in [0.1, 0.15) is 0 Å². The molecule has 3 N–H and O–H groups in total. The Hall–Kier alpha value is -0.390. The summed E-state index contributed by atoms with van der Waals surface area (Å²) in [5.41, 5.74) is 5.48. The highest BCUT2D eigenvalue weighted by atomic mass is 79.9. The fraction of sp³-hybridized carbons (Fsp3) is 0.812. The molecule has 0 bridgehead atoms. The van der Waals surface area contributed by atoms with Crippen molar-refractivity contribution in [1.29, 1.82) is 0 Å². The van der Waals surface area contributed by atoms with Crippen molar-refractivity contribution >= 4 is 15.9 Å². The number of hydrogen-bond acceptors (Lipinski definition) is 3. The van der Waals surface area contributed by atoms with Crippen LogP contribution in [0.2, 0.25) is 0 Å². The van der Waals surface area contributed by atoms with Crippen LogP contribution < -0.4 is 11.3 Å². The predicted octanol–water partition coefficient (Wildman–Crippen LogP) is 3.82. The zero-order valence-electron chi connectivity index (χ0n) is 14.0. The van der Waals surface area contributed by atoms with Crippen LogP contribution in [0.1, 0.15) is 64.8 Å². The van der Waals surface area contributed by atoms with Gasteiger partial charge in [-0.25, -0.2) is 0 Å². The largest absolute Gasteiger partial charge is 0.271 e. The van der Waals surface area contributed by atoms with Gasteiger partial charge in [-0.15, -0.1) is 0 Å². The maximum atomic E-state index is 5.87. The Morgan fingerprint density at radius 2 is 1.81 bits per heavy atom. The van der Waals surface area contributed by atoms with Crippen LogP contribution in [0.15, 0.2) is 4.47 Å². The third kappa shape index (κ3) is 4.80. The number of hydrogen-bond donors (Lipinski definition) is 2. The monoisotopic (exact) mass is 358 g/mol. The first-order valence-electron chi connectivity index (χ1n) is 8.32. The second-order valence-electron chi connectivity index (χ2n) is 5.69. The quantitative estimate of drug-likeness (QED) is 0.493. The van der Waals surface area contributed by atoms with Crippen molar-refractivity contribution in [3.05, 3.63) is 15.9 Å². The van der Waals surface area contributed by atoms with Gasteiger partial charge < -0.3 is 0 Å². The molecule has 0 radical (unpaired) electrons. The molecule has 1 rings (SSSR count). The average molecular weight is 359 g/mol. The third-order valence-corrected chi connectivity index (χ3v) is 5.12. The average Bonchev–Trinajstić information content (AvgIpc) is 2.80. The molecular weight excluding hydrogens is 328 g/mol. The van der Waals surface area contributed by atoms with E-state index in [-0.39, 0.29) is 0 Å². The van der Waals surface area contributed by atoms with Crippen molar-refractivity contribution in [3.63, 3.8) is 0 Å². The Balaban J connectivity index is 2.96. The fourth-order valence-corrected chi connectivity index (χ4v) is 3.80. The van der Waals surface area contributed by atoms with E-state index < -0.39 is 0 Å². The van der Waals surface area contributed by atoms with Gasteiger partial charge in [0.15, 0.2) is 0 Å². The Bertz CT molecular complexity index is 411. The summed E-state index contributed by atoms with van der Waals surface area (Å²) in [5, 5.41) is 4.69. The molecule has 0 aliphatic carbocycles. The number of nitrogens with zero attached hydrogens (tertiary/aromatic N) is 2. The van der Waals surface area contributed by atoms with Crippen molar-refractivity contribution in [2.75, 3.05) is 0 Å². The normalized spacial score (nSPS) is 13.1. The molecule has 1 aromatic rings. The summed E-state index contributed by atoms with van der Waals surface area (Å²) in [7, 11) is 0. The van der Waals surface area contributed by atoms with E-state index in [0.29, 0.717) is 12.0 Å². The van der Waals surface area contributed by atoms with Gasteiger partial charge in [0.25, 0.3) is 0 Å². The van der Waals surface area contributed by atoms with Crippen LogP contribution in [0.5, 0.6) is 0 Å². The molecule has 0 amide bonds. The van der Waals surface area contributed by atoms with Crippen molar-refractivity contribution in [2.45, 2.75) is 78.8 Å². The van der Waals surface area contributed by atoms with Gasteiger partial charge >= 0.3 is 0 Å². The Labute approximate surface area is 138 Å². The van der Waals surface area contributed by atoms with Crippen LogP contribution in [-0.2, 0) is 19.4 Å². The molecule has 1 aromatic heterocycles. The molecule has 1 unspecified atom stereocenters. The lowest BCUT2D eigenvalue weighted by molar-refractivity contribution is 0.306. The lowest BCUT2D eigenvalue weighted by Crippen LogP contribution is -2.43. The number of aromatic nitrogens is 2. The van der Waals surface area contributed by atoms with Gasteiger partial charge in [-0.1, -0.05) is 33.6 Å². The van der Waals surface area contributed by atoms with E-state index >= 15 is 0 Å². The van der Waals surface area contributed by atoms with Crippen molar-refractivity contribution in [3.8, 4) is 0 Å². The van der Waals surface area contributed by atoms with Crippen molar-refractivity contribution in [1.82, 2.24) is 15.2 Å². The molecule has 0 aliphatic heterocycles. The first kappa shape index (κ1) is 18.7. The van der Waals surface area contributed by atoms with Crippen molar-refractivity contribution in [2.24, 2.45) is 11.8 Å². The van der Waals surface area contributed by atoms with E-state index in [1.165, 1.54) is 35.8 Å². The summed E-state index contributed by atoms with van der Waals surface area (Å²) < 4.78 is 3.28. The van der Waals surface area contributed by atoms with Gasteiger partial charge in [0, 0.05) is 19.0 Å². The Kier molecular flexibility index (Phi) is 8.52. The molecule has 0 aromatic carbocycles. The second-order valence-corrected chi connectivity index (χ2v) is 6.48. The van der Waals surface area contributed by atoms with Crippen LogP contribution in [0.25, 0.3) is 0 Å². The summed E-state index contributed by atoms with van der Waals surface area (Å²) in [5.74, 6) is 6.50. The lowest BCUT2D eigenvalue weighted by Gasteiger charge is -2.26. The zero-order valence-corrected chi connectivity index (χ0v) is 15.5. The van der Waals surface area contributed by atoms with Crippen molar-refractivity contribution < 1.29 is 0 Å². The number of halogens is 1. The van der Waals surface area contributed by atoms with Crippen LogP contribution in [0.4, 0.5) is 0 Å². The van der Waals surface area contributed by atoms with Gasteiger partial charge in [-0.3, -0.25) is 16.0 Å². The molecule has 0 fully saturated rings. The molecule has 5 heteroatoms. The smallest absolute Gasteiger partial charge is 0.0766 e. The van der Waals surface area contributed by atoms with Crippen LogP contribution >= 0.6 is 15.9 Å². The fourth-order valence-electron chi connectivity index (χ4n) is 3.07. The first-order chi connectivity index (χ1) is 10.1. The zero-order chi connectivity index (χ0) is 15.8. The minimum atomic E-state index is 0.313. The SMILES string of the molecule is CCCC(CCC)C(Cc1c(Br)c(CC)nn1CC)NN. The molecular formula is C16H31BrN4. The molecule has 122 valence electrons. The summed E-state index contributed by atoms with van der Waals surface area (Å²) in [6.45, 7) is 9.68. The molecule has 1 heterocycles. The van der Waals surface area contributed by atoms with Crippen LogP contribution in [0.3, 0.4) is 0 Å². The number of nitrogens with one attached hydrogen (secondary N) is 1. The number of aryl methyl sites for hydroxylation is 2. The Morgan fingerprint density at radius 1 is 1.19 bits per heavy atom. The maximum absolute atomic E-state index is 5.87. The first-order valence-corrected chi connectivity index (χ1v) is 9.12. The summed E-state index contributed by atoms with van der Waals surface area (Å²) in [4.78, 5) is 0. The number of hydrazine groups is 1. The maximum Gasteiger partial charge on any atom is 0.0766 e. The third-order valence-electron chi connectivity index (χ3n) is 4.21. The molecule has 21 heavy (non-hydrogen) atoms. The highest BCUT2D eigenvalue weighted by Gasteiger charge is 2.23. The molecule has 0 spiro atoms. The van der Waals surface area contributed by atoms with E-state index in [1.54, 1.807) is 0 Å². The molecule has 4 nitrogen and oxygen atoms in total. The highest BCUT2D eigenvalue weighted by molar-refractivity contribution is 9.10. The van der Waals surface area contributed by atoms with Gasteiger partial charge in [0.2, 0.25) is 0 Å². The van der Waals surface area contributed by atoms with Gasteiger partial charge in [-0.05, 0) is 48.0 Å². The second kappa shape index (κ2) is 9.59. The van der Waals surface area contributed by atoms with E-state index in [4.69, 9.17) is 5.84 Å². The summed E-state index contributed by atoms with van der Waals surface area (Å²) in [6.07, 6.45) is 6.74. The van der Waals surface area contributed by atoms with Crippen LogP contribution in [0, 0.1) is 5.92 Å². The highest BCUT2D eigenvalue weighted by Crippen LogP contribution is 2.27. The molecule has 0 saturated heterocycles. The van der Waals surface area contributed by atoms with Gasteiger partial charge in [-0.2, -0.15) is 5.10 Å². The van der Waals surface area contributed by atoms with E-state index in [9.17, 15) is 0 Å². The summed E-state index contributed by atoms with van der Waals surface area (Å²) in [6, 6.07) is 0.313. The minimum Gasteiger partial charge on any atom is -0.271 e. The number of rotatable bonds is 10. The predicted molar refractivity (Wildman–Crippen MR) is 93.1 cm³/mol. The topological polar surface area (TPSA) is 55.9 Å². The lowest BCUT2D eigenvalue weighted by atomic mass is 9.88. The van der Waals surface area contributed by atoms with E-state index in [2.05, 4.69) is 58.8 Å². The Morgan fingerprint density at radius 3 is 2.24 bits per heavy atom. The molecule has 0 aliphatic rings. The summed E-state index contributed by atoms with van der Waals surface area (Å²) >= 11 is 3.74. The van der Waals surface area contributed by atoms with E-state index in [0.717, 1.165) is 25.1 Å².